The number of nitrogens with one attached hydrogen (secondary N) is 3. The van der Waals surface area contributed by atoms with Crippen LogP contribution >= 0.6 is 12.2 Å². The van der Waals surface area contributed by atoms with E-state index < -0.39 is 5.41 Å². The van der Waals surface area contributed by atoms with E-state index in [1.54, 1.807) is 13.3 Å². The van der Waals surface area contributed by atoms with Gasteiger partial charge in [-0.3, -0.25) is 9.78 Å². The van der Waals surface area contributed by atoms with Crippen molar-refractivity contribution >= 4 is 34.6 Å². The number of pyridine rings is 1. The number of anilines is 2. The van der Waals surface area contributed by atoms with E-state index >= 15 is 0 Å². The summed E-state index contributed by atoms with van der Waals surface area (Å²) in [5.41, 5.74) is 2.87. The lowest BCUT2D eigenvalue weighted by atomic mass is 9.95. The second-order valence-corrected chi connectivity index (χ2v) is 9.10. The lowest BCUT2D eigenvalue weighted by molar-refractivity contribution is -0.123. The highest BCUT2D eigenvalue weighted by Gasteiger charge is 2.41. The van der Waals surface area contributed by atoms with Crippen molar-refractivity contribution in [2.75, 3.05) is 17.3 Å². The van der Waals surface area contributed by atoms with Gasteiger partial charge in [-0.1, -0.05) is 26.8 Å². The molecule has 0 unspecified atom stereocenters. The second kappa shape index (κ2) is 8.63. The lowest BCUT2D eigenvalue weighted by Gasteiger charge is -2.28. The Labute approximate surface area is 193 Å². The first kappa shape index (κ1) is 21.8. The van der Waals surface area contributed by atoms with Crippen LogP contribution in [0.3, 0.4) is 0 Å². The normalized spacial score (nSPS) is 18.4. The van der Waals surface area contributed by atoms with Gasteiger partial charge in [0, 0.05) is 35.3 Å². The van der Waals surface area contributed by atoms with Gasteiger partial charge in [0.1, 0.15) is 11.8 Å². The molecule has 1 fully saturated rings. The fourth-order valence-electron chi connectivity index (χ4n) is 3.72. The molecule has 0 bridgehead atoms. The molecule has 7 nitrogen and oxygen atoms in total. The highest BCUT2D eigenvalue weighted by molar-refractivity contribution is 7.80. The molecule has 0 aliphatic carbocycles. The molecule has 1 aromatic carbocycles. The molecule has 1 aliphatic heterocycles. The van der Waals surface area contributed by atoms with Crippen molar-refractivity contribution < 1.29 is 9.53 Å². The molecule has 2 atom stereocenters. The van der Waals surface area contributed by atoms with Crippen LogP contribution in [0.1, 0.15) is 44.2 Å². The van der Waals surface area contributed by atoms with Gasteiger partial charge in [0.2, 0.25) is 5.91 Å². The number of H-pyrrole nitrogens is 1. The average molecular weight is 450 g/mol. The Morgan fingerprint density at radius 2 is 2.00 bits per heavy atom. The van der Waals surface area contributed by atoms with Gasteiger partial charge in [0.25, 0.3) is 0 Å². The number of aromatic nitrogens is 2. The molecule has 1 aliphatic rings. The van der Waals surface area contributed by atoms with E-state index in [0.29, 0.717) is 16.5 Å². The fourth-order valence-corrected chi connectivity index (χ4v) is 4.07. The van der Waals surface area contributed by atoms with Gasteiger partial charge < -0.3 is 25.3 Å². The Bertz CT molecular complexity index is 1110. The minimum atomic E-state index is -0.515. The largest absolute Gasteiger partial charge is 0.494 e. The third kappa shape index (κ3) is 4.18. The van der Waals surface area contributed by atoms with E-state index in [1.165, 1.54) is 0 Å². The molecule has 1 saturated heterocycles. The van der Waals surface area contributed by atoms with Gasteiger partial charge in [-0.05, 0) is 48.6 Å². The number of hydrogen-bond donors (Lipinski definition) is 3. The maximum Gasteiger partial charge on any atom is 0.229 e. The number of rotatable bonds is 5. The summed E-state index contributed by atoms with van der Waals surface area (Å²) >= 11 is 5.74. The predicted octanol–water partition coefficient (Wildman–Crippen LogP) is 4.58. The van der Waals surface area contributed by atoms with Crippen molar-refractivity contribution in [1.29, 1.82) is 0 Å². The number of amides is 1. The van der Waals surface area contributed by atoms with Gasteiger partial charge in [0.05, 0.1) is 24.5 Å². The zero-order valence-electron chi connectivity index (χ0n) is 18.5. The van der Waals surface area contributed by atoms with E-state index in [4.69, 9.17) is 17.0 Å². The number of benzene rings is 1. The van der Waals surface area contributed by atoms with E-state index in [1.807, 2.05) is 75.5 Å². The molecule has 4 rings (SSSR count). The number of nitrogens with zero attached hydrogens (tertiary/aromatic N) is 2. The van der Waals surface area contributed by atoms with Crippen LogP contribution in [0.25, 0.3) is 0 Å². The monoisotopic (exact) mass is 449 g/mol. The molecule has 8 heteroatoms. The quantitative estimate of drug-likeness (QED) is 0.495. The summed E-state index contributed by atoms with van der Waals surface area (Å²) in [5.74, 6) is 0.482. The maximum atomic E-state index is 12.5. The van der Waals surface area contributed by atoms with E-state index in [9.17, 15) is 4.79 Å². The summed E-state index contributed by atoms with van der Waals surface area (Å²) in [5, 5.41) is 6.97. The summed E-state index contributed by atoms with van der Waals surface area (Å²) in [7, 11) is 1.59. The average Bonchev–Trinajstić information content (AvgIpc) is 3.41. The SMILES string of the molecule is COc1cc(N2C(=S)N[C@H](c3ccccn3)[C@H]2c2ccc[nH]2)ccc1NC(=O)C(C)(C)C. The first-order valence-corrected chi connectivity index (χ1v) is 10.8. The molecule has 3 aromatic rings. The van der Waals surface area contributed by atoms with Crippen molar-refractivity contribution in [3.8, 4) is 5.75 Å². The summed E-state index contributed by atoms with van der Waals surface area (Å²) in [6.45, 7) is 5.61. The van der Waals surface area contributed by atoms with Crippen molar-refractivity contribution in [2.45, 2.75) is 32.9 Å². The minimum Gasteiger partial charge on any atom is -0.494 e. The summed E-state index contributed by atoms with van der Waals surface area (Å²) in [4.78, 5) is 22.4. The van der Waals surface area contributed by atoms with Crippen LogP contribution in [0, 0.1) is 5.41 Å². The van der Waals surface area contributed by atoms with Gasteiger partial charge >= 0.3 is 0 Å². The molecular weight excluding hydrogens is 422 g/mol. The molecule has 3 N–H and O–H groups in total. The molecule has 2 aromatic heterocycles. The molecule has 3 heterocycles. The van der Waals surface area contributed by atoms with Crippen molar-refractivity contribution in [2.24, 2.45) is 5.41 Å². The van der Waals surface area contributed by atoms with Crippen molar-refractivity contribution in [1.82, 2.24) is 15.3 Å². The minimum absolute atomic E-state index is 0.0820. The highest BCUT2D eigenvalue weighted by Crippen LogP contribution is 2.42. The van der Waals surface area contributed by atoms with Crippen LogP contribution in [0.2, 0.25) is 0 Å². The third-order valence-electron chi connectivity index (χ3n) is 5.43. The predicted molar refractivity (Wildman–Crippen MR) is 130 cm³/mol. The zero-order valence-corrected chi connectivity index (χ0v) is 19.4. The van der Waals surface area contributed by atoms with Gasteiger partial charge in [-0.25, -0.2) is 0 Å². The molecule has 0 spiro atoms. The Kier molecular flexibility index (Phi) is 5.88. The Hall–Kier alpha value is -3.39. The number of ether oxygens (including phenoxy) is 1. The number of hydrogen-bond acceptors (Lipinski definition) is 4. The molecule has 0 radical (unpaired) electrons. The van der Waals surface area contributed by atoms with Crippen LogP contribution < -0.4 is 20.3 Å². The number of carbonyl (C=O) groups is 1. The standard InChI is InChI=1S/C24H27N5O2S/c1-24(2,3)22(30)27-16-11-10-15(14-19(16)31-4)29-21(18-9-7-13-26-18)20(28-23(29)32)17-8-5-6-12-25-17/h5-14,20-21,26H,1-4H3,(H,27,30)(H,28,32)/t20-,21-/m1/s1. The smallest absolute Gasteiger partial charge is 0.229 e. The second-order valence-electron chi connectivity index (χ2n) is 8.71. The van der Waals surface area contributed by atoms with Gasteiger partial charge in [-0.15, -0.1) is 0 Å². The van der Waals surface area contributed by atoms with E-state index in [0.717, 1.165) is 17.1 Å². The van der Waals surface area contributed by atoms with E-state index in [-0.39, 0.29) is 18.0 Å². The maximum absolute atomic E-state index is 12.5. The fraction of sp³-hybridized carbons (Fsp3) is 0.292. The molecular formula is C24H27N5O2S. The molecule has 0 saturated carbocycles. The summed E-state index contributed by atoms with van der Waals surface area (Å²) in [6, 6.07) is 15.3. The van der Waals surface area contributed by atoms with Crippen LogP contribution in [-0.2, 0) is 4.79 Å². The van der Waals surface area contributed by atoms with Gasteiger partial charge in [0.15, 0.2) is 5.11 Å². The zero-order chi connectivity index (χ0) is 22.9. The lowest BCUT2D eigenvalue weighted by Crippen LogP contribution is -2.30. The Morgan fingerprint density at radius 3 is 2.62 bits per heavy atom. The van der Waals surface area contributed by atoms with Gasteiger partial charge in [-0.2, -0.15) is 0 Å². The third-order valence-corrected chi connectivity index (χ3v) is 5.75. The van der Waals surface area contributed by atoms with Crippen LogP contribution in [-0.4, -0.2) is 28.1 Å². The van der Waals surface area contributed by atoms with Crippen LogP contribution in [0.15, 0.2) is 60.9 Å². The van der Waals surface area contributed by atoms with Crippen LogP contribution in [0.4, 0.5) is 11.4 Å². The number of aromatic amines is 1. The molecule has 32 heavy (non-hydrogen) atoms. The topological polar surface area (TPSA) is 82.3 Å². The van der Waals surface area contributed by atoms with Crippen molar-refractivity contribution in [3.63, 3.8) is 0 Å². The summed E-state index contributed by atoms with van der Waals surface area (Å²) < 4.78 is 5.61. The Morgan fingerprint density at radius 1 is 1.19 bits per heavy atom. The molecule has 1 amide bonds. The van der Waals surface area contributed by atoms with Crippen LogP contribution in [0.5, 0.6) is 5.75 Å². The van der Waals surface area contributed by atoms with Crippen molar-refractivity contribution in [3.05, 3.63) is 72.3 Å². The number of thiocarbonyl (C=S) groups is 1. The Balaban J connectivity index is 1.72. The number of carbonyl (C=O) groups excluding carboxylic acids is 1. The summed E-state index contributed by atoms with van der Waals surface area (Å²) in [6.07, 6.45) is 3.68. The first-order valence-electron chi connectivity index (χ1n) is 10.4. The first-order chi connectivity index (χ1) is 15.3. The molecule has 166 valence electrons. The number of methoxy groups -OCH3 is 1. The van der Waals surface area contributed by atoms with E-state index in [2.05, 4.69) is 25.5 Å². The highest BCUT2D eigenvalue weighted by atomic mass is 32.1.